The van der Waals surface area contributed by atoms with E-state index in [1.54, 1.807) is 17.5 Å². The van der Waals surface area contributed by atoms with Crippen molar-refractivity contribution in [1.29, 1.82) is 0 Å². The van der Waals surface area contributed by atoms with Gasteiger partial charge in [-0.1, -0.05) is 6.07 Å². The van der Waals surface area contributed by atoms with Crippen LogP contribution in [0.25, 0.3) is 0 Å². The Morgan fingerprint density at radius 2 is 2.38 bits per heavy atom. The zero-order chi connectivity index (χ0) is 11.6. The number of rotatable bonds is 3. The highest BCUT2D eigenvalue weighted by molar-refractivity contribution is 7.91. The van der Waals surface area contributed by atoms with Gasteiger partial charge < -0.3 is 5.32 Å². The highest BCUT2D eigenvalue weighted by Gasteiger charge is 2.26. The lowest BCUT2D eigenvalue weighted by Gasteiger charge is -2.30. The average molecular weight is 260 g/mol. The topological polar surface area (TPSA) is 58.2 Å². The van der Waals surface area contributed by atoms with Crippen LogP contribution >= 0.6 is 11.3 Å². The van der Waals surface area contributed by atoms with Crippen molar-refractivity contribution in [2.45, 2.75) is 36.1 Å². The Hall–Kier alpha value is -0.430. The van der Waals surface area contributed by atoms with Gasteiger partial charge in [-0.05, 0) is 37.8 Å². The van der Waals surface area contributed by atoms with E-state index in [4.69, 9.17) is 0 Å². The SMILES string of the molecule is CC1NCCCC1NS(=O)(=O)c1cccs1. The second-order valence-corrected chi connectivity index (χ2v) is 6.93. The molecule has 1 saturated heterocycles. The summed E-state index contributed by atoms with van der Waals surface area (Å²) in [5.74, 6) is 0. The number of sulfonamides is 1. The van der Waals surface area contributed by atoms with E-state index in [9.17, 15) is 8.42 Å². The minimum atomic E-state index is -3.32. The van der Waals surface area contributed by atoms with Crippen LogP contribution in [0.5, 0.6) is 0 Å². The standard InChI is InChI=1S/C10H16N2O2S2/c1-8-9(4-2-6-11-8)12-16(13,14)10-5-3-7-15-10/h3,5,7-9,11-12H,2,4,6H2,1H3. The number of nitrogens with one attached hydrogen (secondary N) is 2. The third-order valence-electron chi connectivity index (χ3n) is 2.83. The molecule has 2 atom stereocenters. The Kier molecular flexibility index (Phi) is 3.63. The Bertz CT molecular complexity index is 428. The van der Waals surface area contributed by atoms with Gasteiger partial charge in [-0.25, -0.2) is 13.1 Å². The third kappa shape index (κ3) is 2.63. The highest BCUT2D eigenvalue weighted by Crippen LogP contribution is 2.18. The average Bonchev–Trinajstić information content (AvgIpc) is 2.75. The van der Waals surface area contributed by atoms with E-state index >= 15 is 0 Å². The molecule has 1 aliphatic heterocycles. The first kappa shape index (κ1) is 12.0. The van der Waals surface area contributed by atoms with Gasteiger partial charge in [-0.2, -0.15) is 0 Å². The Labute approximate surface area is 100 Å². The molecule has 2 unspecified atom stereocenters. The highest BCUT2D eigenvalue weighted by atomic mass is 32.2. The summed E-state index contributed by atoms with van der Waals surface area (Å²) in [6.07, 6.45) is 1.92. The summed E-state index contributed by atoms with van der Waals surface area (Å²) in [5.41, 5.74) is 0. The maximum atomic E-state index is 12.0. The molecule has 1 aliphatic rings. The van der Waals surface area contributed by atoms with Gasteiger partial charge in [0.2, 0.25) is 10.0 Å². The fraction of sp³-hybridized carbons (Fsp3) is 0.600. The van der Waals surface area contributed by atoms with Crippen LogP contribution in [0.4, 0.5) is 0 Å². The quantitative estimate of drug-likeness (QED) is 0.857. The van der Waals surface area contributed by atoms with Crippen LogP contribution in [-0.2, 0) is 10.0 Å². The molecule has 0 aromatic carbocycles. The normalized spacial score (nSPS) is 26.8. The first-order valence-corrected chi connectivity index (χ1v) is 7.75. The second kappa shape index (κ2) is 4.83. The summed E-state index contributed by atoms with van der Waals surface area (Å²) in [4.78, 5) is 0. The van der Waals surface area contributed by atoms with E-state index in [1.165, 1.54) is 11.3 Å². The summed E-state index contributed by atoms with van der Waals surface area (Å²) in [5, 5.41) is 5.05. The first-order chi connectivity index (χ1) is 7.59. The van der Waals surface area contributed by atoms with Crippen LogP contribution in [0.1, 0.15) is 19.8 Å². The van der Waals surface area contributed by atoms with Crippen molar-refractivity contribution >= 4 is 21.4 Å². The molecule has 6 heteroatoms. The molecule has 16 heavy (non-hydrogen) atoms. The Balaban J connectivity index is 2.09. The van der Waals surface area contributed by atoms with Gasteiger partial charge in [0.15, 0.2) is 0 Å². The van der Waals surface area contributed by atoms with Gasteiger partial charge in [0.1, 0.15) is 4.21 Å². The molecule has 0 bridgehead atoms. The lowest BCUT2D eigenvalue weighted by Crippen LogP contribution is -2.51. The van der Waals surface area contributed by atoms with Gasteiger partial charge in [-0.3, -0.25) is 0 Å². The van der Waals surface area contributed by atoms with E-state index in [-0.39, 0.29) is 12.1 Å². The van der Waals surface area contributed by atoms with Crippen molar-refractivity contribution in [2.75, 3.05) is 6.54 Å². The first-order valence-electron chi connectivity index (χ1n) is 5.39. The van der Waals surface area contributed by atoms with Crippen molar-refractivity contribution in [1.82, 2.24) is 10.0 Å². The number of hydrogen-bond acceptors (Lipinski definition) is 4. The lowest BCUT2D eigenvalue weighted by molar-refractivity contribution is 0.349. The van der Waals surface area contributed by atoms with Crippen molar-refractivity contribution in [3.05, 3.63) is 17.5 Å². The molecule has 2 rings (SSSR count). The number of thiophene rings is 1. The molecule has 1 fully saturated rings. The summed E-state index contributed by atoms with van der Waals surface area (Å²) in [6.45, 7) is 2.99. The van der Waals surface area contributed by atoms with Crippen LogP contribution in [0, 0.1) is 0 Å². The maximum absolute atomic E-state index is 12.0. The van der Waals surface area contributed by atoms with Gasteiger partial charge in [-0.15, -0.1) is 11.3 Å². The molecule has 4 nitrogen and oxygen atoms in total. The summed E-state index contributed by atoms with van der Waals surface area (Å²) in [6, 6.07) is 3.58. The fourth-order valence-corrected chi connectivity index (χ4v) is 4.24. The predicted octanol–water partition coefficient (Wildman–Crippen LogP) is 1.17. The lowest BCUT2D eigenvalue weighted by atomic mass is 10.0. The molecule has 90 valence electrons. The molecule has 1 aromatic heterocycles. The molecule has 1 aromatic rings. The predicted molar refractivity (Wildman–Crippen MR) is 65.1 cm³/mol. The molecule has 0 amide bonds. The van der Waals surface area contributed by atoms with Crippen LogP contribution in [-0.4, -0.2) is 27.0 Å². The summed E-state index contributed by atoms with van der Waals surface area (Å²) in [7, 11) is -3.32. The van der Waals surface area contributed by atoms with Crippen molar-refractivity contribution in [3.63, 3.8) is 0 Å². The molecule has 0 saturated carbocycles. The number of hydrogen-bond donors (Lipinski definition) is 2. The van der Waals surface area contributed by atoms with E-state index in [1.807, 2.05) is 6.92 Å². The van der Waals surface area contributed by atoms with Crippen LogP contribution in [0.15, 0.2) is 21.7 Å². The fourth-order valence-electron chi connectivity index (χ4n) is 1.88. The van der Waals surface area contributed by atoms with Crippen LogP contribution in [0.2, 0.25) is 0 Å². The maximum Gasteiger partial charge on any atom is 0.250 e. The summed E-state index contributed by atoms with van der Waals surface area (Å²) < 4.78 is 27.1. The smallest absolute Gasteiger partial charge is 0.250 e. The zero-order valence-corrected chi connectivity index (χ0v) is 10.8. The number of piperidine rings is 1. The Morgan fingerprint density at radius 1 is 1.56 bits per heavy atom. The van der Waals surface area contributed by atoms with Crippen LogP contribution in [0.3, 0.4) is 0 Å². The molecule has 0 aliphatic carbocycles. The monoisotopic (exact) mass is 260 g/mol. The van der Waals surface area contributed by atoms with Crippen molar-refractivity contribution in [2.24, 2.45) is 0 Å². The zero-order valence-electron chi connectivity index (χ0n) is 9.14. The molecule has 2 heterocycles. The van der Waals surface area contributed by atoms with E-state index in [0.29, 0.717) is 4.21 Å². The van der Waals surface area contributed by atoms with Gasteiger partial charge in [0.05, 0.1) is 0 Å². The molecular formula is C10H16N2O2S2. The van der Waals surface area contributed by atoms with Crippen molar-refractivity contribution in [3.8, 4) is 0 Å². The molecular weight excluding hydrogens is 244 g/mol. The van der Waals surface area contributed by atoms with Crippen LogP contribution < -0.4 is 10.0 Å². The van der Waals surface area contributed by atoms with Gasteiger partial charge >= 0.3 is 0 Å². The summed E-state index contributed by atoms with van der Waals surface area (Å²) >= 11 is 1.25. The van der Waals surface area contributed by atoms with Gasteiger partial charge in [0, 0.05) is 12.1 Å². The van der Waals surface area contributed by atoms with Gasteiger partial charge in [0.25, 0.3) is 0 Å². The third-order valence-corrected chi connectivity index (χ3v) is 5.72. The van der Waals surface area contributed by atoms with Crippen molar-refractivity contribution < 1.29 is 8.42 Å². The Morgan fingerprint density at radius 3 is 3.00 bits per heavy atom. The van der Waals surface area contributed by atoms with E-state index < -0.39 is 10.0 Å². The minimum Gasteiger partial charge on any atom is -0.313 e. The van der Waals surface area contributed by atoms with E-state index in [2.05, 4.69) is 10.0 Å². The second-order valence-electron chi connectivity index (χ2n) is 4.04. The van der Waals surface area contributed by atoms with E-state index in [0.717, 1.165) is 19.4 Å². The molecule has 0 radical (unpaired) electrons. The minimum absolute atomic E-state index is 0.000787. The molecule has 2 N–H and O–H groups in total. The molecule has 0 spiro atoms. The largest absolute Gasteiger partial charge is 0.313 e.